The van der Waals surface area contributed by atoms with E-state index < -0.39 is 22.7 Å². The molecule has 1 atom stereocenters. The minimum Gasteiger partial charge on any atom is -0.388 e. The minimum absolute atomic E-state index is 0.0325. The Balaban J connectivity index is 2.24. The Kier molecular flexibility index (Phi) is 4.28. The number of aliphatic hydroxyl groups excluding tert-OH is 1. The molecule has 0 aromatic heterocycles. The summed E-state index contributed by atoms with van der Waals surface area (Å²) in [5.41, 5.74) is 0.331. The molecule has 0 bridgehead atoms. The second kappa shape index (κ2) is 5.97. The standard InChI is InChI=1S/C15H13F2NO3/c1-9-2-7-12(16)14(15(9)17)13(19)8-10-3-5-11(6-4-10)18(20)21/h2-7,13,19H,8H2,1H3. The van der Waals surface area contributed by atoms with Crippen molar-refractivity contribution in [1.29, 1.82) is 0 Å². The van der Waals surface area contributed by atoms with Gasteiger partial charge in [-0.3, -0.25) is 10.1 Å². The first kappa shape index (κ1) is 15.1. The van der Waals surface area contributed by atoms with Crippen LogP contribution in [-0.4, -0.2) is 10.0 Å². The van der Waals surface area contributed by atoms with Crippen molar-refractivity contribution in [3.63, 3.8) is 0 Å². The van der Waals surface area contributed by atoms with E-state index in [1.54, 1.807) is 0 Å². The quantitative estimate of drug-likeness (QED) is 0.693. The van der Waals surface area contributed by atoms with Crippen molar-refractivity contribution < 1.29 is 18.8 Å². The molecule has 2 aromatic rings. The van der Waals surface area contributed by atoms with Gasteiger partial charge in [0.1, 0.15) is 11.6 Å². The molecule has 2 aromatic carbocycles. The second-order valence-electron chi connectivity index (χ2n) is 4.74. The highest BCUT2D eigenvalue weighted by Gasteiger charge is 2.20. The molecule has 0 aliphatic heterocycles. The molecule has 0 saturated heterocycles. The van der Waals surface area contributed by atoms with Crippen molar-refractivity contribution in [3.8, 4) is 0 Å². The number of nitro groups is 1. The van der Waals surface area contributed by atoms with Crippen molar-refractivity contribution in [3.05, 3.63) is 74.8 Å². The Bertz CT molecular complexity index is 671. The number of benzene rings is 2. The molecule has 2 rings (SSSR count). The molecular weight excluding hydrogens is 280 g/mol. The van der Waals surface area contributed by atoms with E-state index in [4.69, 9.17) is 0 Å². The summed E-state index contributed by atoms with van der Waals surface area (Å²) in [6.45, 7) is 1.48. The Morgan fingerprint density at radius 1 is 1.19 bits per heavy atom. The zero-order chi connectivity index (χ0) is 15.6. The van der Waals surface area contributed by atoms with Crippen LogP contribution >= 0.6 is 0 Å². The fourth-order valence-electron chi connectivity index (χ4n) is 2.06. The van der Waals surface area contributed by atoms with Crippen LogP contribution in [0.5, 0.6) is 0 Å². The lowest BCUT2D eigenvalue weighted by Gasteiger charge is -2.14. The maximum atomic E-state index is 13.9. The number of hydrogen-bond acceptors (Lipinski definition) is 3. The van der Waals surface area contributed by atoms with E-state index in [0.717, 1.165) is 6.07 Å². The van der Waals surface area contributed by atoms with E-state index in [9.17, 15) is 24.0 Å². The van der Waals surface area contributed by atoms with Crippen molar-refractivity contribution in [1.82, 2.24) is 0 Å². The maximum absolute atomic E-state index is 13.9. The number of hydrogen-bond donors (Lipinski definition) is 1. The van der Waals surface area contributed by atoms with Crippen LogP contribution in [0.2, 0.25) is 0 Å². The van der Waals surface area contributed by atoms with Gasteiger partial charge >= 0.3 is 0 Å². The highest BCUT2D eigenvalue weighted by atomic mass is 19.1. The van der Waals surface area contributed by atoms with Gasteiger partial charge in [0, 0.05) is 18.6 Å². The van der Waals surface area contributed by atoms with Crippen molar-refractivity contribution in [2.75, 3.05) is 0 Å². The second-order valence-corrected chi connectivity index (χ2v) is 4.74. The number of non-ortho nitro benzene ring substituents is 1. The number of aryl methyl sites for hydroxylation is 1. The molecule has 0 saturated carbocycles. The third-order valence-electron chi connectivity index (χ3n) is 3.23. The molecule has 0 aliphatic rings. The zero-order valence-corrected chi connectivity index (χ0v) is 11.2. The first-order valence-corrected chi connectivity index (χ1v) is 6.26. The van der Waals surface area contributed by atoms with E-state index in [1.165, 1.54) is 37.3 Å². The first-order valence-electron chi connectivity index (χ1n) is 6.26. The van der Waals surface area contributed by atoms with Crippen LogP contribution in [0.15, 0.2) is 36.4 Å². The summed E-state index contributed by atoms with van der Waals surface area (Å²) in [6.07, 6.45) is -1.39. The number of aliphatic hydroxyl groups is 1. The SMILES string of the molecule is Cc1ccc(F)c(C(O)Cc2ccc([N+](=O)[O-])cc2)c1F. The smallest absolute Gasteiger partial charge is 0.269 e. The molecule has 1 unspecified atom stereocenters. The summed E-state index contributed by atoms with van der Waals surface area (Å²) in [5.74, 6) is -1.59. The lowest BCUT2D eigenvalue weighted by Crippen LogP contribution is -2.08. The van der Waals surface area contributed by atoms with Crippen LogP contribution in [0.4, 0.5) is 14.5 Å². The molecule has 110 valence electrons. The molecule has 4 nitrogen and oxygen atoms in total. The van der Waals surface area contributed by atoms with Crippen molar-refractivity contribution in [2.45, 2.75) is 19.4 Å². The van der Waals surface area contributed by atoms with Crippen LogP contribution in [0.3, 0.4) is 0 Å². The topological polar surface area (TPSA) is 63.4 Å². The van der Waals surface area contributed by atoms with Gasteiger partial charge in [0.05, 0.1) is 16.6 Å². The molecule has 0 radical (unpaired) electrons. The van der Waals surface area contributed by atoms with E-state index in [1.807, 2.05) is 0 Å². The van der Waals surface area contributed by atoms with Gasteiger partial charge in [0.25, 0.3) is 5.69 Å². The maximum Gasteiger partial charge on any atom is 0.269 e. The van der Waals surface area contributed by atoms with Gasteiger partial charge in [-0.25, -0.2) is 8.78 Å². The summed E-state index contributed by atoms with van der Waals surface area (Å²) in [5, 5.41) is 20.6. The van der Waals surface area contributed by atoms with E-state index in [0.29, 0.717) is 5.56 Å². The lowest BCUT2D eigenvalue weighted by molar-refractivity contribution is -0.384. The van der Waals surface area contributed by atoms with Crippen LogP contribution < -0.4 is 0 Å². The lowest BCUT2D eigenvalue weighted by atomic mass is 9.98. The van der Waals surface area contributed by atoms with Crippen LogP contribution in [0.25, 0.3) is 0 Å². The molecule has 0 fully saturated rings. The molecule has 6 heteroatoms. The van der Waals surface area contributed by atoms with Gasteiger partial charge in [-0.05, 0) is 24.1 Å². The third kappa shape index (κ3) is 3.22. The van der Waals surface area contributed by atoms with Gasteiger partial charge in [0.15, 0.2) is 0 Å². The van der Waals surface area contributed by atoms with Gasteiger partial charge < -0.3 is 5.11 Å². The first-order chi connectivity index (χ1) is 9.90. The third-order valence-corrected chi connectivity index (χ3v) is 3.23. The van der Waals surface area contributed by atoms with Gasteiger partial charge in [-0.1, -0.05) is 18.2 Å². The van der Waals surface area contributed by atoms with Crippen molar-refractivity contribution >= 4 is 5.69 Å². The number of nitro benzene ring substituents is 1. The molecule has 1 N–H and O–H groups in total. The predicted octanol–water partition coefficient (Wildman–Crippen LogP) is 3.46. The Morgan fingerprint density at radius 3 is 2.38 bits per heavy atom. The summed E-state index contributed by atoms with van der Waals surface area (Å²) in [6, 6.07) is 7.87. The zero-order valence-electron chi connectivity index (χ0n) is 11.2. The summed E-state index contributed by atoms with van der Waals surface area (Å²) in [4.78, 5) is 10.00. The van der Waals surface area contributed by atoms with Crippen LogP contribution in [-0.2, 0) is 6.42 Å². The van der Waals surface area contributed by atoms with Gasteiger partial charge in [-0.15, -0.1) is 0 Å². The average Bonchev–Trinajstić information content (AvgIpc) is 2.44. The van der Waals surface area contributed by atoms with Crippen LogP contribution in [0.1, 0.15) is 22.8 Å². The minimum atomic E-state index is -1.36. The fraction of sp³-hybridized carbons (Fsp3) is 0.200. The molecular formula is C15H13F2NO3. The molecule has 0 spiro atoms. The van der Waals surface area contributed by atoms with E-state index in [-0.39, 0.29) is 23.2 Å². The fourth-order valence-corrected chi connectivity index (χ4v) is 2.06. The van der Waals surface area contributed by atoms with E-state index in [2.05, 4.69) is 0 Å². The van der Waals surface area contributed by atoms with Gasteiger partial charge in [0.2, 0.25) is 0 Å². The molecule has 0 amide bonds. The monoisotopic (exact) mass is 293 g/mol. The van der Waals surface area contributed by atoms with Crippen molar-refractivity contribution in [2.24, 2.45) is 0 Å². The Morgan fingerprint density at radius 2 is 1.81 bits per heavy atom. The average molecular weight is 293 g/mol. The number of rotatable bonds is 4. The normalized spacial score (nSPS) is 12.2. The largest absolute Gasteiger partial charge is 0.388 e. The Labute approximate surface area is 119 Å². The number of halogens is 2. The highest BCUT2D eigenvalue weighted by Crippen LogP contribution is 2.26. The summed E-state index contributed by atoms with van der Waals surface area (Å²) < 4.78 is 27.6. The summed E-state index contributed by atoms with van der Waals surface area (Å²) in [7, 11) is 0. The Hall–Kier alpha value is -2.34. The summed E-state index contributed by atoms with van der Waals surface area (Å²) >= 11 is 0. The molecule has 0 aliphatic carbocycles. The molecule has 0 heterocycles. The van der Waals surface area contributed by atoms with Crippen LogP contribution in [0, 0.1) is 28.7 Å². The predicted molar refractivity (Wildman–Crippen MR) is 72.9 cm³/mol. The van der Waals surface area contributed by atoms with Gasteiger partial charge in [-0.2, -0.15) is 0 Å². The molecule has 21 heavy (non-hydrogen) atoms. The number of nitrogens with zero attached hydrogens (tertiary/aromatic N) is 1. The van der Waals surface area contributed by atoms with E-state index >= 15 is 0 Å². The highest BCUT2D eigenvalue weighted by molar-refractivity contribution is 5.34.